The van der Waals surface area contributed by atoms with Gasteiger partial charge in [0.25, 0.3) is 0 Å². The van der Waals surface area contributed by atoms with Gasteiger partial charge in [0, 0.05) is 11.0 Å². The van der Waals surface area contributed by atoms with Crippen LogP contribution in [0.1, 0.15) is 32.2 Å². The summed E-state index contributed by atoms with van der Waals surface area (Å²) in [5, 5.41) is 0. The third kappa shape index (κ3) is 1.93. The topological polar surface area (TPSA) is 89.8 Å². The van der Waals surface area contributed by atoms with Crippen molar-refractivity contribution >= 4 is 11.6 Å². The number of aromatic nitrogens is 2. The molecule has 1 aromatic rings. The smallest absolute Gasteiger partial charge is 0.148 e. The van der Waals surface area contributed by atoms with Crippen LogP contribution in [0.25, 0.3) is 0 Å². The minimum Gasteiger partial charge on any atom is -0.383 e. The molecule has 5 heteroatoms. The van der Waals surface area contributed by atoms with Gasteiger partial charge in [-0.3, -0.25) is 0 Å². The van der Waals surface area contributed by atoms with Gasteiger partial charge in [0.2, 0.25) is 0 Å². The van der Waals surface area contributed by atoms with E-state index in [-0.39, 0.29) is 5.41 Å². The SMILES string of the molecule is Cc1c(N)nc(C(C)(C)C)nc1NN. The maximum absolute atomic E-state index is 5.75. The minimum absolute atomic E-state index is 0.132. The van der Waals surface area contributed by atoms with Crippen LogP contribution in [0.4, 0.5) is 11.6 Å². The highest BCUT2D eigenvalue weighted by atomic mass is 15.3. The van der Waals surface area contributed by atoms with Crippen molar-refractivity contribution in [3.8, 4) is 0 Å². The fourth-order valence-corrected chi connectivity index (χ4v) is 1.01. The molecule has 0 saturated carbocycles. The summed E-state index contributed by atoms with van der Waals surface area (Å²) in [6, 6.07) is 0. The number of hydrogen-bond acceptors (Lipinski definition) is 5. The third-order valence-electron chi connectivity index (χ3n) is 1.99. The Labute approximate surface area is 83.9 Å². The number of rotatable bonds is 1. The summed E-state index contributed by atoms with van der Waals surface area (Å²) in [4.78, 5) is 8.52. The molecule has 0 bridgehead atoms. The molecule has 0 amide bonds. The van der Waals surface area contributed by atoms with Crippen LogP contribution in [0.15, 0.2) is 0 Å². The van der Waals surface area contributed by atoms with E-state index in [1.165, 1.54) is 0 Å². The molecule has 0 fully saturated rings. The normalized spacial score (nSPS) is 11.5. The van der Waals surface area contributed by atoms with Gasteiger partial charge in [0.15, 0.2) is 0 Å². The van der Waals surface area contributed by atoms with Crippen LogP contribution in [0.5, 0.6) is 0 Å². The first-order valence-corrected chi connectivity index (χ1v) is 4.47. The van der Waals surface area contributed by atoms with Crippen molar-refractivity contribution in [1.29, 1.82) is 0 Å². The second kappa shape index (κ2) is 3.42. The summed E-state index contributed by atoms with van der Waals surface area (Å²) in [7, 11) is 0. The molecule has 78 valence electrons. The van der Waals surface area contributed by atoms with Gasteiger partial charge in [-0.25, -0.2) is 15.8 Å². The zero-order chi connectivity index (χ0) is 10.9. The fourth-order valence-electron chi connectivity index (χ4n) is 1.01. The fraction of sp³-hybridized carbons (Fsp3) is 0.556. The molecule has 1 heterocycles. The molecule has 0 aliphatic rings. The molecule has 5 nitrogen and oxygen atoms in total. The van der Waals surface area contributed by atoms with Crippen LogP contribution in [-0.2, 0) is 5.41 Å². The van der Waals surface area contributed by atoms with Gasteiger partial charge in [0.05, 0.1) is 0 Å². The van der Waals surface area contributed by atoms with Crippen molar-refractivity contribution < 1.29 is 0 Å². The van der Waals surface area contributed by atoms with Gasteiger partial charge >= 0.3 is 0 Å². The molecule has 0 spiro atoms. The standard InChI is InChI=1S/C9H17N5/c1-5-6(10)12-8(9(2,3)4)13-7(5)14-11/h11H2,1-4H3,(H3,10,12,13,14). The van der Waals surface area contributed by atoms with Gasteiger partial charge in [-0.15, -0.1) is 0 Å². The molecule has 0 saturated heterocycles. The average molecular weight is 195 g/mol. The summed E-state index contributed by atoms with van der Waals surface area (Å²) in [6.07, 6.45) is 0. The molecule has 0 unspecified atom stereocenters. The van der Waals surface area contributed by atoms with Crippen LogP contribution in [0.2, 0.25) is 0 Å². The third-order valence-corrected chi connectivity index (χ3v) is 1.99. The molecule has 0 aromatic carbocycles. The van der Waals surface area contributed by atoms with E-state index in [4.69, 9.17) is 11.6 Å². The van der Waals surface area contributed by atoms with Gasteiger partial charge < -0.3 is 11.2 Å². The summed E-state index contributed by atoms with van der Waals surface area (Å²) in [6.45, 7) is 7.91. The molecule has 0 aliphatic heterocycles. The van der Waals surface area contributed by atoms with Crippen LogP contribution in [-0.4, -0.2) is 9.97 Å². The largest absolute Gasteiger partial charge is 0.383 e. The van der Waals surface area contributed by atoms with Crippen LogP contribution < -0.4 is 17.0 Å². The van der Waals surface area contributed by atoms with Crippen molar-refractivity contribution in [2.45, 2.75) is 33.1 Å². The van der Waals surface area contributed by atoms with E-state index in [1.54, 1.807) is 0 Å². The highest BCUT2D eigenvalue weighted by molar-refractivity contribution is 5.54. The lowest BCUT2D eigenvalue weighted by atomic mass is 9.95. The molecule has 5 N–H and O–H groups in total. The van der Waals surface area contributed by atoms with Gasteiger partial charge in [0.1, 0.15) is 17.5 Å². The summed E-state index contributed by atoms with van der Waals surface area (Å²) in [5.41, 5.74) is 8.91. The maximum atomic E-state index is 5.75. The lowest BCUT2D eigenvalue weighted by molar-refractivity contribution is 0.546. The van der Waals surface area contributed by atoms with Crippen molar-refractivity contribution in [3.05, 3.63) is 11.4 Å². The minimum atomic E-state index is -0.132. The summed E-state index contributed by atoms with van der Waals surface area (Å²) >= 11 is 0. The zero-order valence-corrected chi connectivity index (χ0v) is 9.05. The van der Waals surface area contributed by atoms with Crippen molar-refractivity contribution in [2.24, 2.45) is 5.84 Å². The predicted octanol–water partition coefficient (Wildman–Crippen LogP) is 0.950. The van der Waals surface area contributed by atoms with Crippen LogP contribution >= 0.6 is 0 Å². The monoisotopic (exact) mass is 195 g/mol. The van der Waals surface area contributed by atoms with E-state index < -0.39 is 0 Å². The molecule has 1 aromatic heterocycles. The Morgan fingerprint density at radius 3 is 2.21 bits per heavy atom. The van der Waals surface area contributed by atoms with E-state index >= 15 is 0 Å². The Morgan fingerprint density at radius 2 is 1.79 bits per heavy atom. The molecule has 1 rings (SSSR count). The van der Waals surface area contributed by atoms with Crippen LogP contribution in [0.3, 0.4) is 0 Å². The Morgan fingerprint density at radius 1 is 1.21 bits per heavy atom. The number of hydrazine groups is 1. The number of nitrogens with two attached hydrogens (primary N) is 2. The zero-order valence-electron chi connectivity index (χ0n) is 9.05. The number of hydrogen-bond donors (Lipinski definition) is 3. The Hall–Kier alpha value is -1.36. The first kappa shape index (κ1) is 10.7. The second-order valence-electron chi connectivity index (χ2n) is 4.30. The predicted molar refractivity (Wildman–Crippen MR) is 57.7 cm³/mol. The summed E-state index contributed by atoms with van der Waals surface area (Å²) in [5.74, 6) is 7.08. The van der Waals surface area contributed by atoms with Gasteiger partial charge in [-0.05, 0) is 6.92 Å². The van der Waals surface area contributed by atoms with Crippen LogP contribution in [0, 0.1) is 6.92 Å². The molecule has 14 heavy (non-hydrogen) atoms. The number of nitrogen functional groups attached to an aromatic ring is 2. The van der Waals surface area contributed by atoms with E-state index in [0.29, 0.717) is 17.5 Å². The van der Waals surface area contributed by atoms with Gasteiger partial charge in [-0.2, -0.15) is 0 Å². The Kier molecular flexibility index (Phi) is 2.62. The Balaban J connectivity index is 3.30. The van der Waals surface area contributed by atoms with Crippen molar-refractivity contribution in [3.63, 3.8) is 0 Å². The molecular weight excluding hydrogens is 178 g/mol. The highest BCUT2D eigenvalue weighted by Gasteiger charge is 2.19. The average Bonchev–Trinajstić information content (AvgIpc) is 2.07. The van der Waals surface area contributed by atoms with E-state index in [0.717, 1.165) is 5.56 Å². The van der Waals surface area contributed by atoms with Crippen molar-refractivity contribution in [1.82, 2.24) is 9.97 Å². The molecule has 0 atom stereocenters. The Bertz CT molecular complexity index is 340. The number of nitrogens with one attached hydrogen (secondary N) is 1. The van der Waals surface area contributed by atoms with E-state index in [1.807, 2.05) is 27.7 Å². The first-order chi connectivity index (χ1) is 6.36. The summed E-state index contributed by atoms with van der Waals surface area (Å²) < 4.78 is 0. The number of anilines is 2. The second-order valence-corrected chi connectivity index (χ2v) is 4.30. The number of nitrogens with zero attached hydrogens (tertiary/aromatic N) is 2. The van der Waals surface area contributed by atoms with E-state index in [2.05, 4.69) is 15.4 Å². The van der Waals surface area contributed by atoms with Crippen molar-refractivity contribution in [2.75, 3.05) is 11.2 Å². The van der Waals surface area contributed by atoms with Gasteiger partial charge in [-0.1, -0.05) is 20.8 Å². The maximum Gasteiger partial charge on any atom is 0.148 e. The highest BCUT2D eigenvalue weighted by Crippen LogP contribution is 2.23. The van der Waals surface area contributed by atoms with E-state index in [9.17, 15) is 0 Å². The molecule has 0 aliphatic carbocycles. The lowest BCUT2D eigenvalue weighted by Gasteiger charge is -2.18. The molecular formula is C9H17N5. The quantitative estimate of drug-likeness (QED) is 0.458. The first-order valence-electron chi connectivity index (χ1n) is 4.47. The molecule has 0 radical (unpaired) electrons. The lowest BCUT2D eigenvalue weighted by Crippen LogP contribution is -2.21.